The van der Waals surface area contributed by atoms with E-state index in [0.29, 0.717) is 24.8 Å². The Morgan fingerprint density at radius 2 is 1.71 bits per heavy atom. The molecule has 0 radical (unpaired) electrons. The number of piperidine rings is 1. The molecule has 0 bridgehead atoms. The molecule has 2 aliphatic rings. The summed E-state index contributed by atoms with van der Waals surface area (Å²) in [5.74, 6) is -0.594. The lowest BCUT2D eigenvalue weighted by atomic mass is 10.0. The molecule has 222 valence electrons. The van der Waals surface area contributed by atoms with E-state index in [1.165, 1.54) is 61.6 Å². The number of para-hydroxylation sites is 1. The molecule has 2 N–H and O–H groups in total. The van der Waals surface area contributed by atoms with Crippen molar-refractivity contribution in [3.63, 3.8) is 0 Å². The Kier molecular flexibility index (Phi) is 13.7. The number of thioether (sulfide) groups is 1. The third-order valence-electron chi connectivity index (χ3n) is 7.03. The molecule has 10 heteroatoms. The predicted molar refractivity (Wildman–Crippen MR) is 163 cm³/mol. The average molecular weight is 584 g/mol. The summed E-state index contributed by atoms with van der Waals surface area (Å²) in [6.45, 7) is 5.11. The van der Waals surface area contributed by atoms with Crippen molar-refractivity contribution in [2.45, 2.75) is 50.5 Å². The highest BCUT2D eigenvalue weighted by Gasteiger charge is 2.26. The zero-order valence-electron chi connectivity index (χ0n) is 23.9. The molecule has 9 nitrogen and oxygen atoms in total. The van der Waals surface area contributed by atoms with Crippen molar-refractivity contribution < 1.29 is 29.3 Å². The lowest BCUT2D eigenvalue weighted by Crippen LogP contribution is -2.45. The van der Waals surface area contributed by atoms with Crippen molar-refractivity contribution in [2.24, 2.45) is 4.99 Å². The van der Waals surface area contributed by atoms with Crippen LogP contribution in [0.1, 0.15) is 43.2 Å². The second kappa shape index (κ2) is 17.5. The summed E-state index contributed by atoms with van der Waals surface area (Å²) in [6, 6.07) is 17.2. The minimum atomic E-state index is -1.26. The van der Waals surface area contributed by atoms with Crippen LogP contribution in [-0.2, 0) is 26.7 Å². The van der Waals surface area contributed by atoms with Gasteiger partial charge in [0.2, 0.25) is 0 Å². The number of carboxylic acids is 2. The first-order chi connectivity index (χ1) is 19.9. The maximum absolute atomic E-state index is 9.55. The van der Waals surface area contributed by atoms with Gasteiger partial charge in [0.05, 0.1) is 19.4 Å². The molecule has 2 aliphatic heterocycles. The van der Waals surface area contributed by atoms with Crippen LogP contribution >= 0.6 is 11.8 Å². The van der Waals surface area contributed by atoms with Crippen LogP contribution in [0.15, 0.2) is 65.7 Å². The molecule has 2 aromatic rings. The van der Waals surface area contributed by atoms with Crippen LogP contribution in [0.2, 0.25) is 0 Å². The maximum Gasteiger partial charge on any atom is 0.328 e. The topological polar surface area (TPSA) is 112 Å². The number of benzene rings is 2. The third kappa shape index (κ3) is 11.6. The minimum Gasteiger partial charge on any atom is -0.497 e. The second-order valence-electron chi connectivity index (χ2n) is 9.97. The van der Waals surface area contributed by atoms with Gasteiger partial charge < -0.3 is 29.5 Å². The standard InChI is InChI=1S/C27H37N3O2S.C4H4O4/c1-29(27-28-26-9-5-4-8-23(26)21-33-27)24-14-17-30(18-15-24)16-6-3-7-19-32-20-22-10-12-25(31-2)13-11-22;5-3(6)1-2-4(7)8/h4-5,8-13,24H,3,6-7,14-21H2,1-2H3;1-2H,(H,5,6)(H,7,8)/b;2-1+. The Bertz CT molecular complexity index is 1150. The number of hydrogen-bond donors (Lipinski definition) is 2. The molecule has 0 atom stereocenters. The highest BCUT2D eigenvalue weighted by Crippen LogP contribution is 2.33. The Hall–Kier alpha value is -3.34. The van der Waals surface area contributed by atoms with Gasteiger partial charge in [0.25, 0.3) is 0 Å². The summed E-state index contributed by atoms with van der Waals surface area (Å²) in [7, 11) is 3.92. The zero-order valence-corrected chi connectivity index (χ0v) is 24.7. The smallest absolute Gasteiger partial charge is 0.328 e. The number of methoxy groups -OCH3 is 1. The number of carbonyl (C=O) groups is 2. The highest BCUT2D eigenvalue weighted by atomic mass is 32.2. The Morgan fingerprint density at radius 1 is 1.02 bits per heavy atom. The third-order valence-corrected chi connectivity index (χ3v) is 8.12. The highest BCUT2D eigenvalue weighted by molar-refractivity contribution is 8.13. The van der Waals surface area contributed by atoms with Gasteiger partial charge in [-0.05, 0) is 68.0 Å². The molecule has 2 aromatic carbocycles. The number of aliphatic imine (C=N–C) groups is 1. The molecule has 0 amide bonds. The lowest BCUT2D eigenvalue weighted by molar-refractivity contribution is -0.134. The van der Waals surface area contributed by atoms with Crippen LogP contribution in [0.25, 0.3) is 0 Å². The second-order valence-corrected chi connectivity index (χ2v) is 10.9. The number of likely N-dealkylation sites (tertiary alicyclic amines) is 1. The van der Waals surface area contributed by atoms with E-state index in [-0.39, 0.29) is 0 Å². The number of ether oxygens (including phenoxy) is 2. The molecule has 0 spiro atoms. The van der Waals surface area contributed by atoms with Gasteiger partial charge in [-0.1, -0.05) is 42.1 Å². The number of hydrogen-bond acceptors (Lipinski definition) is 8. The zero-order chi connectivity index (χ0) is 29.5. The molecule has 4 rings (SSSR count). The summed E-state index contributed by atoms with van der Waals surface area (Å²) in [5.41, 5.74) is 3.69. The normalized spacial score (nSPS) is 15.4. The largest absolute Gasteiger partial charge is 0.497 e. The molecule has 2 heterocycles. The fraction of sp³-hybridized carbons (Fsp3) is 0.452. The molecule has 1 fully saturated rings. The summed E-state index contributed by atoms with van der Waals surface area (Å²) in [5, 5.41) is 16.8. The number of fused-ring (bicyclic) bond motifs is 1. The number of amidine groups is 1. The molecular weight excluding hydrogens is 542 g/mol. The van der Waals surface area contributed by atoms with Crippen LogP contribution in [-0.4, -0.2) is 83.6 Å². The first kappa shape index (κ1) is 32.2. The number of nitrogens with zero attached hydrogens (tertiary/aromatic N) is 3. The average Bonchev–Trinajstić information content (AvgIpc) is 3.00. The maximum atomic E-state index is 9.55. The number of aliphatic carboxylic acids is 2. The molecule has 0 aliphatic carbocycles. The van der Waals surface area contributed by atoms with Gasteiger partial charge in [0.1, 0.15) is 5.75 Å². The Morgan fingerprint density at radius 3 is 2.37 bits per heavy atom. The first-order valence-electron chi connectivity index (χ1n) is 13.9. The van der Waals surface area contributed by atoms with Crippen LogP contribution in [0.4, 0.5) is 5.69 Å². The van der Waals surface area contributed by atoms with Crippen molar-refractivity contribution in [3.05, 3.63) is 71.8 Å². The molecule has 1 saturated heterocycles. The molecule has 41 heavy (non-hydrogen) atoms. The van der Waals surface area contributed by atoms with E-state index in [1.54, 1.807) is 7.11 Å². The van der Waals surface area contributed by atoms with Gasteiger partial charge in [-0.15, -0.1) is 0 Å². The Labute approximate surface area is 246 Å². The van der Waals surface area contributed by atoms with Crippen molar-refractivity contribution in [1.29, 1.82) is 0 Å². The van der Waals surface area contributed by atoms with Crippen molar-refractivity contribution in [1.82, 2.24) is 9.80 Å². The summed E-state index contributed by atoms with van der Waals surface area (Å²) in [4.78, 5) is 29.1. The van der Waals surface area contributed by atoms with E-state index in [0.717, 1.165) is 30.2 Å². The van der Waals surface area contributed by atoms with E-state index in [4.69, 9.17) is 24.7 Å². The monoisotopic (exact) mass is 583 g/mol. The van der Waals surface area contributed by atoms with E-state index in [2.05, 4.69) is 53.2 Å². The van der Waals surface area contributed by atoms with E-state index in [1.807, 2.05) is 23.9 Å². The lowest BCUT2D eigenvalue weighted by Gasteiger charge is -2.38. The number of unbranched alkanes of at least 4 members (excludes halogenated alkanes) is 2. The first-order valence-corrected chi connectivity index (χ1v) is 14.9. The summed E-state index contributed by atoms with van der Waals surface area (Å²) in [6.07, 6.45) is 7.19. The number of rotatable bonds is 12. The molecule has 0 saturated carbocycles. The number of carboxylic acid groups (broad SMARTS) is 2. The van der Waals surface area contributed by atoms with Crippen LogP contribution < -0.4 is 4.74 Å². The van der Waals surface area contributed by atoms with E-state index in [9.17, 15) is 9.59 Å². The minimum absolute atomic E-state index is 0.558. The van der Waals surface area contributed by atoms with Crippen molar-refractivity contribution in [3.8, 4) is 5.75 Å². The fourth-order valence-corrected chi connectivity index (χ4v) is 5.70. The summed E-state index contributed by atoms with van der Waals surface area (Å²) >= 11 is 1.88. The van der Waals surface area contributed by atoms with Gasteiger partial charge in [-0.3, -0.25) is 0 Å². The van der Waals surface area contributed by atoms with Gasteiger partial charge in [-0.25, -0.2) is 14.6 Å². The SMILES string of the molecule is COc1ccc(COCCCCCN2CCC(N(C)C3=Nc4ccccc4CS3)CC2)cc1.O=C(O)/C=C/C(=O)O. The van der Waals surface area contributed by atoms with Crippen LogP contribution in [0.5, 0.6) is 5.75 Å². The molecular formula is C31H41N3O6S. The quantitative estimate of drug-likeness (QED) is 0.250. The predicted octanol–water partition coefficient (Wildman–Crippen LogP) is 5.42. The van der Waals surface area contributed by atoms with Gasteiger partial charge in [0.15, 0.2) is 5.17 Å². The van der Waals surface area contributed by atoms with Crippen LogP contribution in [0.3, 0.4) is 0 Å². The molecule has 0 unspecified atom stereocenters. The van der Waals surface area contributed by atoms with Gasteiger partial charge >= 0.3 is 11.9 Å². The Balaban J connectivity index is 0.000000507. The fourth-order valence-electron chi connectivity index (χ4n) is 4.66. The summed E-state index contributed by atoms with van der Waals surface area (Å²) < 4.78 is 11.0. The molecule has 0 aromatic heterocycles. The van der Waals surface area contributed by atoms with Crippen molar-refractivity contribution in [2.75, 3.05) is 40.4 Å². The van der Waals surface area contributed by atoms with Gasteiger partial charge in [-0.2, -0.15) is 0 Å². The van der Waals surface area contributed by atoms with Crippen molar-refractivity contribution >= 4 is 34.6 Å². The van der Waals surface area contributed by atoms with E-state index >= 15 is 0 Å². The van der Waals surface area contributed by atoms with Crippen LogP contribution in [0, 0.1) is 0 Å². The van der Waals surface area contributed by atoms with Gasteiger partial charge in [0, 0.05) is 50.7 Å². The van der Waals surface area contributed by atoms with E-state index < -0.39 is 11.9 Å².